The molecule has 1 aliphatic rings. The van der Waals surface area contributed by atoms with Crippen LogP contribution in [0.1, 0.15) is 44.2 Å². The Kier molecular flexibility index (Phi) is 3.35. The monoisotopic (exact) mass is 260 g/mol. The lowest BCUT2D eigenvalue weighted by molar-refractivity contribution is 0.529. The van der Waals surface area contributed by atoms with Gasteiger partial charge >= 0.3 is 0 Å². The average molecular weight is 260 g/mol. The van der Waals surface area contributed by atoms with Gasteiger partial charge in [-0.05, 0) is 37.8 Å². The van der Waals surface area contributed by atoms with Crippen LogP contribution in [0.15, 0.2) is 24.3 Å². The molecule has 1 aromatic heterocycles. The first-order valence-corrected chi connectivity index (χ1v) is 7.71. The first-order chi connectivity index (χ1) is 8.78. The number of nitrogens with one attached hydrogen (secondary N) is 1. The summed E-state index contributed by atoms with van der Waals surface area (Å²) in [6, 6.07) is 9.50. The molecule has 1 N–H and O–H groups in total. The fraction of sp³-hybridized carbons (Fsp3) is 0.533. The van der Waals surface area contributed by atoms with E-state index < -0.39 is 0 Å². The zero-order valence-electron chi connectivity index (χ0n) is 11.0. The van der Waals surface area contributed by atoms with E-state index in [1.807, 2.05) is 11.3 Å². The van der Waals surface area contributed by atoms with Gasteiger partial charge in [0.15, 0.2) is 0 Å². The summed E-state index contributed by atoms with van der Waals surface area (Å²) < 4.78 is 1.29. The lowest BCUT2D eigenvalue weighted by Crippen LogP contribution is -2.22. The Morgan fingerprint density at radius 2 is 2.28 bits per heavy atom. The quantitative estimate of drug-likeness (QED) is 0.874. The third-order valence-corrected chi connectivity index (χ3v) is 4.95. The van der Waals surface area contributed by atoms with Crippen LogP contribution in [0.5, 0.6) is 0 Å². The fourth-order valence-corrected chi connectivity index (χ4v) is 3.59. The van der Waals surface area contributed by atoms with Crippen molar-refractivity contribution in [2.75, 3.05) is 0 Å². The third-order valence-electron chi connectivity index (χ3n) is 3.73. The molecule has 1 heterocycles. The highest BCUT2D eigenvalue weighted by Crippen LogP contribution is 2.37. The fourth-order valence-electron chi connectivity index (χ4n) is 2.61. The van der Waals surface area contributed by atoms with Crippen molar-refractivity contribution in [3.05, 3.63) is 29.3 Å². The van der Waals surface area contributed by atoms with Gasteiger partial charge in [-0.1, -0.05) is 25.5 Å². The van der Waals surface area contributed by atoms with E-state index in [1.165, 1.54) is 29.0 Å². The van der Waals surface area contributed by atoms with Gasteiger partial charge in [-0.15, -0.1) is 11.3 Å². The van der Waals surface area contributed by atoms with E-state index in [9.17, 15) is 0 Å². The molecular formula is C15H20N2S. The van der Waals surface area contributed by atoms with E-state index in [0.29, 0.717) is 6.04 Å². The summed E-state index contributed by atoms with van der Waals surface area (Å²) in [4.78, 5) is 4.72. The molecule has 3 unspecified atom stereocenters. The maximum Gasteiger partial charge on any atom is 0.111 e. The predicted octanol–water partition coefficient (Wildman–Crippen LogP) is 4.14. The van der Waals surface area contributed by atoms with Crippen LogP contribution in [0.2, 0.25) is 0 Å². The molecule has 1 saturated carbocycles. The molecule has 0 bridgehead atoms. The van der Waals surface area contributed by atoms with Crippen LogP contribution in [-0.2, 0) is 0 Å². The Labute approximate surface area is 112 Å². The molecule has 96 valence electrons. The number of para-hydroxylation sites is 1. The maximum atomic E-state index is 4.72. The maximum absolute atomic E-state index is 4.72. The van der Waals surface area contributed by atoms with Gasteiger partial charge in [0.2, 0.25) is 0 Å². The standard InChI is InChI=1S/C15H20N2S/c1-3-6-11-9-13(11)16-10(2)15-17-12-7-4-5-8-14(12)18-15/h4-5,7-8,10-11,13,16H,3,6,9H2,1-2H3. The first kappa shape index (κ1) is 12.1. The predicted molar refractivity (Wildman–Crippen MR) is 78.0 cm³/mol. The molecule has 1 aromatic carbocycles. The molecule has 3 heteroatoms. The van der Waals surface area contributed by atoms with E-state index in [0.717, 1.165) is 17.5 Å². The SMILES string of the molecule is CCCC1CC1NC(C)c1nc2ccccc2s1. The van der Waals surface area contributed by atoms with Crippen molar-refractivity contribution < 1.29 is 0 Å². The summed E-state index contributed by atoms with van der Waals surface area (Å²) in [5.41, 5.74) is 1.13. The Balaban J connectivity index is 1.67. The molecule has 0 spiro atoms. The number of hydrogen-bond acceptors (Lipinski definition) is 3. The van der Waals surface area contributed by atoms with Crippen LogP contribution in [0.3, 0.4) is 0 Å². The van der Waals surface area contributed by atoms with Gasteiger partial charge in [0, 0.05) is 6.04 Å². The van der Waals surface area contributed by atoms with Gasteiger partial charge in [0.05, 0.1) is 16.3 Å². The van der Waals surface area contributed by atoms with Crippen LogP contribution in [0.4, 0.5) is 0 Å². The molecule has 2 aromatic rings. The molecule has 1 aliphatic carbocycles. The van der Waals surface area contributed by atoms with Crippen LogP contribution in [-0.4, -0.2) is 11.0 Å². The second-order valence-electron chi connectivity index (χ2n) is 5.30. The zero-order valence-corrected chi connectivity index (χ0v) is 11.8. The molecule has 1 fully saturated rings. The highest BCUT2D eigenvalue weighted by atomic mass is 32.1. The lowest BCUT2D eigenvalue weighted by atomic mass is 10.2. The minimum absolute atomic E-state index is 0.384. The van der Waals surface area contributed by atoms with Crippen LogP contribution in [0, 0.1) is 5.92 Å². The number of aromatic nitrogens is 1. The molecule has 18 heavy (non-hydrogen) atoms. The highest BCUT2D eigenvalue weighted by molar-refractivity contribution is 7.18. The number of benzene rings is 1. The van der Waals surface area contributed by atoms with E-state index in [4.69, 9.17) is 4.98 Å². The summed E-state index contributed by atoms with van der Waals surface area (Å²) in [7, 11) is 0. The molecule has 0 saturated heterocycles. The smallest absolute Gasteiger partial charge is 0.111 e. The summed E-state index contributed by atoms with van der Waals surface area (Å²) in [5, 5.41) is 4.93. The molecule has 3 atom stereocenters. The molecular weight excluding hydrogens is 240 g/mol. The minimum Gasteiger partial charge on any atom is -0.305 e. The normalized spacial score (nSPS) is 24.3. The number of rotatable bonds is 5. The molecule has 0 amide bonds. The van der Waals surface area contributed by atoms with Gasteiger partial charge in [-0.25, -0.2) is 4.98 Å². The van der Waals surface area contributed by atoms with Gasteiger partial charge < -0.3 is 5.32 Å². The van der Waals surface area contributed by atoms with Gasteiger partial charge in [0.1, 0.15) is 5.01 Å². The molecule has 0 radical (unpaired) electrons. The Morgan fingerprint density at radius 1 is 1.44 bits per heavy atom. The van der Waals surface area contributed by atoms with Crippen LogP contribution >= 0.6 is 11.3 Å². The van der Waals surface area contributed by atoms with Crippen molar-refractivity contribution in [2.24, 2.45) is 5.92 Å². The van der Waals surface area contributed by atoms with Gasteiger partial charge in [-0.2, -0.15) is 0 Å². The van der Waals surface area contributed by atoms with E-state index >= 15 is 0 Å². The highest BCUT2D eigenvalue weighted by Gasteiger charge is 2.36. The van der Waals surface area contributed by atoms with Crippen molar-refractivity contribution in [1.29, 1.82) is 0 Å². The van der Waals surface area contributed by atoms with Crippen molar-refractivity contribution in [3.63, 3.8) is 0 Å². The molecule has 0 aliphatic heterocycles. The van der Waals surface area contributed by atoms with E-state index in [2.05, 4.69) is 43.4 Å². The molecule has 3 rings (SSSR count). The van der Waals surface area contributed by atoms with Gasteiger partial charge in [0.25, 0.3) is 0 Å². The Hall–Kier alpha value is -0.930. The Bertz CT molecular complexity index is 501. The van der Waals surface area contributed by atoms with E-state index in [1.54, 1.807) is 0 Å². The summed E-state index contributed by atoms with van der Waals surface area (Å²) in [6.07, 6.45) is 4.02. The second-order valence-corrected chi connectivity index (χ2v) is 6.36. The number of hydrogen-bond donors (Lipinski definition) is 1. The topological polar surface area (TPSA) is 24.9 Å². The molecule has 2 nitrogen and oxygen atoms in total. The van der Waals surface area contributed by atoms with Crippen LogP contribution < -0.4 is 5.32 Å². The largest absolute Gasteiger partial charge is 0.305 e. The van der Waals surface area contributed by atoms with Crippen molar-refractivity contribution >= 4 is 21.6 Å². The van der Waals surface area contributed by atoms with Crippen LogP contribution in [0.25, 0.3) is 10.2 Å². The van der Waals surface area contributed by atoms with E-state index in [-0.39, 0.29) is 0 Å². The Morgan fingerprint density at radius 3 is 3.06 bits per heavy atom. The second kappa shape index (κ2) is 4.98. The number of fused-ring (bicyclic) bond motifs is 1. The summed E-state index contributed by atoms with van der Waals surface area (Å²) >= 11 is 1.82. The van der Waals surface area contributed by atoms with Crippen molar-refractivity contribution in [1.82, 2.24) is 10.3 Å². The van der Waals surface area contributed by atoms with Crippen molar-refractivity contribution in [3.8, 4) is 0 Å². The van der Waals surface area contributed by atoms with Gasteiger partial charge in [-0.3, -0.25) is 0 Å². The zero-order chi connectivity index (χ0) is 12.5. The average Bonchev–Trinajstić information content (AvgIpc) is 2.94. The number of nitrogens with zero attached hydrogens (tertiary/aromatic N) is 1. The summed E-state index contributed by atoms with van der Waals surface area (Å²) in [5.74, 6) is 0.909. The third kappa shape index (κ3) is 2.43. The van der Waals surface area contributed by atoms with Crippen molar-refractivity contribution in [2.45, 2.75) is 45.2 Å². The number of thiazole rings is 1. The summed E-state index contributed by atoms with van der Waals surface area (Å²) in [6.45, 7) is 4.51. The minimum atomic E-state index is 0.384. The first-order valence-electron chi connectivity index (χ1n) is 6.89. The lowest BCUT2D eigenvalue weighted by Gasteiger charge is -2.10.